The molecule has 2 unspecified atom stereocenters. The molecule has 0 heterocycles. The molecule has 0 saturated heterocycles. The third-order valence-corrected chi connectivity index (χ3v) is 5.39. The normalized spacial score (nSPS) is 53.8. The molecule has 0 amide bonds. The Balaban J connectivity index is 1.94. The maximum Gasteiger partial charge on any atom is -0.00178 e. The van der Waals surface area contributed by atoms with E-state index >= 15 is 0 Å². The molecule has 1 nitrogen and oxygen atoms in total. The van der Waals surface area contributed by atoms with Crippen LogP contribution in [-0.2, 0) is 0 Å². The third kappa shape index (κ3) is 0.971. The molecule has 0 spiro atoms. The minimum Gasteiger partial charge on any atom is -0.330 e. The average Bonchev–Trinajstić information content (AvgIpc) is 2.70. The molecule has 0 aliphatic heterocycles. The number of fused-ring (bicyclic) bond motifs is 2. The topological polar surface area (TPSA) is 26.0 Å². The van der Waals surface area contributed by atoms with Crippen molar-refractivity contribution in [1.29, 1.82) is 0 Å². The van der Waals surface area contributed by atoms with E-state index in [-0.39, 0.29) is 0 Å². The lowest BCUT2D eigenvalue weighted by atomic mass is 9.51. The summed E-state index contributed by atoms with van der Waals surface area (Å²) in [6.07, 6.45) is 10.4. The molecule has 4 rings (SSSR count). The third-order valence-electron chi connectivity index (χ3n) is 5.39. The summed E-state index contributed by atoms with van der Waals surface area (Å²) in [5.41, 5.74) is 6.64. The fourth-order valence-corrected chi connectivity index (χ4v) is 4.68. The number of hydrogen-bond donors (Lipinski definition) is 1. The molecular formula is C12H21N. The van der Waals surface area contributed by atoms with E-state index in [1.807, 2.05) is 0 Å². The standard InChI is InChI=1S/C12H21N/c13-8-12-6-4-9(5-7-12)10-2-1-3-11(10)12/h9-11H,1-8,13H2. The van der Waals surface area contributed by atoms with Crippen LogP contribution in [0.25, 0.3) is 0 Å². The van der Waals surface area contributed by atoms with Gasteiger partial charge in [0.15, 0.2) is 0 Å². The quantitative estimate of drug-likeness (QED) is 0.657. The van der Waals surface area contributed by atoms with E-state index in [9.17, 15) is 0 Å². The summed E-state index contributed by atoms with van der Waals surface area (Å²) < 4.78 is 0. The lowest BCUT2D eigenvalue weighted by molar-refractivity contribution is -0.0367. The number of hydrogen-bond acceptors (Lipinski definition) is 1. The van der Waals surface area contributed by atoms with Crippen LogP contribution in [0, 0.1) is 23.2 Å². The molecule has 0 aromatic rings. The zero-order chi connectivity index (χ0) is 8.89. The maximum absolute atomic E-state index is 6.03. The van der Waals surface area contributed by atoms with Crippen LogP contribution in [0.3, 0.4) is 0 Å². The second kappa shape index (κ2) is 2.73. The highest BCUT2D eigenvalue weighted by Gasteiger charge is 2.53. The smallest absolute Gasteiger partial charge is 0.00178 e. The van der Waals surface area contributed by atoms with Gasteiger partial charge in [0.25, 0.3) is 0 Å². The zero-order valence-corrected chi connectivity index (χ0v) is 8.47. The first-order chi connectivity index (χ1) is 6.36. The van der Waals surface area contributed by atoms with E-state index in [0.29, 0.717) is 5.41 Å². The van der Waals surface area contributed by atoms with Crippen LogP contribution >= 0.6 is 0 Å². The lowest BCUT2D eigenvalue weighted by Gasteiger charge is -2.54. The molecule has 74 valence electrons. The monoisotopic (exact) mass is 179 g/mol. The second-order valence-corrected chi connectivity index (χ2v) is 5.61. The van der Waals surface area contributed by atoms with E-state index in [4.69, 9.17) is 5.73 Å². The lowest BCUT2D eigenvalue weighted by Crippen LogP contribution is -2.50. The van der Waals surface area contributed by atoms with Crippen LogP contribution in [0.1, 0.15) is 44.9 Å². The van der Waals surface area contributed by atoms with Crippen molar-refractivity contribution in [2.75, 3.05) is 6.54 Å². The first-order valence-corrected chi connectivity index (χ1v) is 6.06. The predicted molar refractivity (Wildman–Crippen MR) is 54.3 cm³/mol. The molecular weight excluding hydrogens is 158 g/mol. The predicted octanol–water partition coefficient (Wildman–Crippen LogP) is 2.55. The van der Waals surface area contributed by atoms with Crippen molar-refractivity contribution < 1.29 is 0 Å². The van der Waals surface area contributed by atoms with Crippen molar-refractivity contribution in [1.82, 2.24) is 0 Å². The van der Waals surface area contributed by atoms with E-state index in [1.165, 1.54) is 44.9 Å². The molecule has 4 saturated carbocycles. The Bertz CT molecular complexity index is 203. The Morgan fingerprint density at radius 1 is 1.08 bits per heavy atom. The summed E-state index contributed by atoms with van der Waals surface area (Å²) in [6.45, 7) is 0.973. The molecule has 1 heteroatoms. The fourth-order valence-electron chi connectivity index (χ4n) is 4.68. The minimum atomic E-state index is 0.607. The first kappa shape index (κ1) is 8.28. The van der Waals surface area contributed by atoms with Gasteiger partial charge < -0.3 is 5.73 Å². The summed E-state index contributed by atoms with van der Waals surface area (Å²) in [6, 6.07) is 0. The minimum absolute atomic E-state index is 0.607. The van der Waals surface area contributed by atoms with E-state index in [1.54, 1.807) is 0 Å². The first-order valence-electron chi connectivity index (χ1n) is 6.06. The van der Waals surface area contributed by atoms with Crippen LogP contribution in [0.4, 0.5) is 0 Å². The van der Waals surface area contributed by atoms with Crippen LogP contribution in [-0.4, -0.2) is 6.54 Å². The van der Waals surface area contributed by atoms with Gasteiger partial charge in [-0.2, -0.15) is 0 Å². The Hall–Kier alpha value is -0.0400. The van der Waals surface area contributed by atoms with E-state index in [0.717, 1.165) is 24.3 Å². The summed E-state index contributed by atoms with van der Waals surface area (Å²) in [5.74, 6) is 3.22. The summed E-state index contributed by atoms with van der Waals surface area (Å²) in [4.78, 5) is 0. The van der Waals surface area contributed by atoms with Gasteiger partial charge >= 0.3 is 0 Å². The molecule has 2 atom stereocenters. The molecule has 13 heavy (non-hydrogen) atoms. The molecule has 0 radical (unpaired) electrons. The van der Waals surface area contributed by atoms with Gasteiger partial charge in [0.05, 0.1) is 0 Å². The summed E-state index contributed by atoms with van der Waals surface area (Å²) in [7, 11) is 0. The van der Waals surface area contributed by atoms with Gasteiger partial charge in [0.2, 0.25) is 0 Å². The van der Waals surface area contributed by atoms with Crippen LogP contribution < -0.4 is 5.73 Å². The van der Waals surface area contributed by atoms with Gasteiger partial charge in [-0.3, -0.25) is 0 Å². The Kier molecular flexibility index (Phi) is 1.74. The second-order valence-electron chi connectivity index (χ2n) is 5.61. The highest BCUT2D eigenvalue weighted by atomic mass is 14.7. The van der Waals surface area contributed by atoms with Crippen LogP contribution in [0.5, 0.6) is 0 Å². The van der Waals surface area contributed by atoms with Gasteiger partial charge in [-0.15, -0.1) is 0 Å². The van der Waals surface area contributed by atoms with Crippen LogP contribution in [0.2, 0.25) is 0 Å². The Morgan fingerprint density at radius 2 is 1.85 bits per heavy atom. The molecule has 4 fully saturated rings. The average molecular weight is 179 g/mol. The molecule has 2 N–H and O–H groups in total. The Labute approximate surface area is 81.1 Å². The van der Waals surface area contributed by atoms with Crippen molar-refractivity contribution in [3.63, 3.8) is 0 Å². The molecule has 0 aromatic heterocycles. The van der Waals surface area contributed by atoms with E-state index in [2.05, 4.69) is 0 Å². The highest BCUT2D eigenvalue weighted by Crippen LogP contribution is 2.61. The van der Waals surface area contributed by atoms with Crippen LogP contribution in [0.15, 0.2) is 0 Å². The summed E-state index contributed by atoms with van der Waals surface area (Å²) in [5, 5.41) is 0. The summed E-state index contributed by atoms with van der Waals surface area (Å²) >= 11 is 0. The zero-order valence-electron chi connectivity index (χ0n) is 8.47. The van der Waals surface area contributed by atoms with Gasteiger partial charge in [0.1, 0.15) is 0 Å². The van der Waals surface area contributed by atoms with Gasteiger partial charge in [-0.1, -0.05) is 6.42 Å². The van der Waals surface area contributed by atoms with Crippen molar-refractivity contribution in [3.8, 4) is 0 Å². The van der Waals surface area contributed by atoms with Crippen molar-refractivity contribution in [2.24, 2.45) is 28.9 Å². The molecule has 4 aliphatic rings. The molecule has 0 aromatic carbocycles. The SMILES string of the molecule is NCC12CCC(CC1)C1CCCC12. The molecule has 2 bridgehead atoms. The fraction of sp³-hybridized carbons (Fsp3) is 1.00. The van der Waals surface area contributed by atoms with Gasteiger partial charge in [0, 0.05) is 0 Å². The highest BCUT2D eigenvalue weighted by molar-refractivity contribution is 5.04. The number of nitrogens with two attached hydrogens (primary N) is 1. The van der Waals surface area contributed by atoms with Crippen molar-refractivity contribution in [2.45, 2.75) is 44.9 Å². The molecule has 4 aliphatic carbocycles. The van der Waals surface area contributed by atoms with Crippen molar-refractivity contribution >= 4 is 0 Å². The van der Waals surface area contributed by atoms with Crippen molar-refractivity contribution in [3.05, 3.63) is 0 Å². The van der Waals surface area contributed by atoms with Gasteiger partial charge in [-0.25, -0.2) is 0 Å². The number of rotatable bonds is 1. The largest absolute Gasteiger partial charge is 0.330 e. The van der Waals surface area contributed by atoms with Gasteiger partial charge in [-0.05, 0) is 68.2 Å². The Morgan fingerprint density at radius 3 is 2.54 bits per heavy atom. The maximum atomic E-state index is 6.03. The van der Waals surface area contributed by atoms with E-state index < -0.39 is 0 Å².